The van der Waals surface area contributed by atoms with Gasteiger partial charge in [-0.15, -0.1) is 0 Å². The van der Waals surface area contributed by atoms with Crippen molar-refractivity contribution in [3.63, 3.8) is 0 Å². The fraction of sp³-hybridized carbons (Fsp3) is 0.167. The third-order valence-electron chi connectivity index (χ3n) is 3.67. The topological polar surface area (TPSA) is 54.0 Å². The maximum absolute atomic E-state index is 12.3. The number of carbonyl (C=O) groups is 1. The fourth-order valence-electron chi connectivity index (χ4n) is 2.54. The van der Waals surface area contributed by atoms with Gasteiger partial charge in [0.2, 0.25) is 6.79 Å². The lowest BCUT2D eigenvalue weighted by Crippen LogP contribution is -2.15. The van der Waals surface area contributed by atoms with E-state index in [4.69, 9.17) is 18.9 Å². The predicted molar refractivity (Wildman–Crippen MR) is 83.4 cm³/mol. The summed E-state index contributed by atoms with van der Waals surface area (Å²) in [4.78, 5) is 12.3. The van der Waals surface area contributed by atoms with Gasteiger partial charge in [0, 0.05) is 11.1 Å². The maximum Gasteiger partial charge on any atom is 0.231 e. The molecule has 0 unspecified atom stereocenters. The average Bonchev–Trinajstić information content (AvgIpc) is 3.07. The molecule has 116 valence electrons. The van der Waals surface area contributed by atoms with E-state index >= 15 is 0 Å². The summed E-state index contributed by atoms with van der Waals surface area (Å²) in [6.07, 6.45) is 3.26. The van der Waals surface area contributed by atoms with Crippen molar-refractivity contribution in [2.45, 2.75) is 0 Å². The number of para-hydroxylation sites is 1. The van der Waals surface area contributed by atoms with Gasteiger partial charge in [0.05, 0.1) is 0 Å². The molecule has 2 heterocycles. The van der Waals surface area contributed by atoms with Crippen LogP contribution >= 0.6 is 0 Å². The molecule has 0 saturated heterocycles. The smallest absolute Gasteiger partial charge is 0.231 e. The largest absolute Gasteiger partial charge is 0.486 e. The molecule has 0 aliphatic carbocycles. The van der Waals surface area contributed by atoms with Crippen molar-refractivity contribution >= 4 is 11.9 Å². The van der Waals surface area contributed by atoms with E-state index in [0.717, 1.165) is 5.56 Å². The first kappa shape index (κ1) is 13.7. The minimum absolute atomic E-state index is 0.113. The van der Waals surface area contributed by atoms with Gasteiger partial charge < -0.3 is 18.9 Å². The van der Waals surface area contributed by atoms with Crippen molar-refractivity contribution in [1.82, 2.24) is 0 Å². The van der Waals surface area contributed by atoms with Gasteiger partial charge in [-0.2, -0.15) is 0 Å². The zero-order valence-corrected chi connectivity index (χ0v) is 12.3. The number of ether oxygens (including phenoxy) is 4. The first-order valence-corrected chi connectivity index (χ1v) is 7.32. The van der Waals surface area contributed by atoms with Crippen molar-refractivity contribution in [1.29, 1.82) is 0 Å². The van der Waals surface area contributed by atoms with E-state index in [1.54, 1.807) is 24.3 Å². The molecule has 0 radical (unpaired) electrons. The van der Waals surface area contributed by atoms with Crippen LogP contribution in [0.25, 0.3) is 6.08 Å². The van der Waals surface area contributed by atoms with Crippen molar-refractivity contribution < 1.29 is 23.7 Å². The summed E-state index contributed by atoms with van der Waals surface area (Å²) in [7, 11) is 0. The normalized spacial score (nSPS) is 15.0. The summed E-state index contributed by atoms with van der Waals surface area (Å²) in [6.45, 7) is 1.24. The van der Waals surface area contributed by atoms with E-state index in [9.17, 15) is 4.79 Å². The van der Waals surface area contributed by atoms with Gasteiger partial charge in [-0.3, -0.25) is 4.79 Å². The summed E-state index contributed by atoms with van der Waals surface area (Å²) in [5.74, 6) is 2.52. The average molecular weight is 310 g/mol. The van der Waals surface area contributed by atoms with E-state index in [1.165, 1.54) is 6.08 Å². The van der Waals surface area contributed by atoms with Crippen LogP contribution in [0.1, 0.15) is 15.9 Å². The van der Waals surface area contributed by atoms with Crippen molar-refractivity contribution in [3.05, 3.63) is 53.6 Å². The molecular formula is C18H14O5. The number of allylic oxidation sites excluding steroid dienone is 1. The molecule has 4 rings (SSSR count). The van der Waals surface area contributed by atoms with Crippen molar-refractivity contribution in [2.24, 2.45) is 0 Å². The highest BCUT2D eigenvalue weighted by molar-refractivity contribution is 6.07. The number of rotatable bonds is 3. The Kier molecular flexibility index (Phi) is 3.38. The van der Waals surface area contributed by atoms with E-state index < -0.39 is 0 Å². The van der Waals surface area contributed by atoms with Gasteiger partial charge in [-0.25, -0.2) is 0 Å². The molecule has 2 aliphatic rings. The molecule has 2 aromatic carbocycles. The van der Waals surface area contributed by atoms with E-state index in [-0.39, 0.29) is 12.6 Å². The van der Waals surface area contributed by atoms with Crippen molar-refractivity contribution in [3.8, 4) is 23.0 Å². The number of ketones is 1. The zero-order chi connectivity index (χ0) is 15.6. The number of fused-ring (bicyclic) bond motifs is 2. The highest BCUT2D eigenvalue weighted by Gasteiger charge is 2.16. The molecule has 0 atom stereocenters. The maximum atomic E-state index is 12.3. The molecule has 0 fully saturated rings. The Hall–Kier alpha value is -2.95. The second-order valence-electron chi connectivity index (χ2n) is 5.14. The fourth-order valence-corrected chi connectivity index (χ4v) is 2.54. The van der Waals surface area contributed by atoms with E-state index in [2.05, 4.69) is 0 Å². The lowest BCUT2D eigenvalue weighted by atomic mass is 10.1. The van der Waals surface area contributed by atoms with Crippen LogP contribution in [0.4, 0.5) is 0 Å². The monoisotopic (exact) mass is 310 g/mol. The van der Waals surface area contributed by atoms with Gasteiger partial charge in [0.1, 0.15) is 13.2 Å². The Morgan fingerprint density at radius 2 is 1.78 bits per heavy atom. The third-order valence-corrected chi connectivity index (χ3v) is 3.67. The van der Waals surface area contributed by atoms with Gasteiger partial charge in [-0.1, -0.05) is 12.1 Å². The van der Waals surface area contributed by atoms with Crippen LogP contribution in [0.2, 0.25) is 0 Å². The van der Waals surface area contributed by atoms with Crippen LogP contribution in [0, 0.1) is 0 Å². The lowest BCUT2D eigenvalue weighted by Gasteiger charge is -2.19. The van der Waals surface area contributed by atoms with Gasteiger partial charge in [0.15, 0.2) is 28.8 Å². The highest BCUT2D eigenvalue weighted by atomic mass is 16.7. The van der Waals surface area contributed by atoms with Gasteiger partial charge >= 0.3 is 0 Å². The van der Waals surface area contributed by atoms with Crippen LogP contribution in [-0.4, -0.2) is 25.8 Å². The quantitative estimate of drug-likeness (QED) is 0.644. The number of hydrogen-bond acceptors (Lipinski definition) is 5. The van der Waals surface area contributed by atoms with Crippen LogP contribution in [0.3, 0.4) is 0 Å². The SMILES string of the molecule is O=C(/C=C/c1cccc2c1OCCO2)c1ccc2c(c1)OCO2. The van der Waals surface area contributed by atoms with Crippen LogP contribution in [-0.2, 0) is 0 Å². The Morgan fingerprint density at radius 1 is 0.913 bits per heavy atom. The number of carbonyl (C=O) groups excluding carboxylic acids is 1. The Morgan fingerprint density at radius 3 is 2.74 bits per heavy atom. The molecule has 0 amide bonds. The van der Waals surface area contributed by atoms with E-state index in [0.29, 0.717) is 41.8 Å². The van der Waals surface area contributed by atoms with Gasteiger partial charge in [0.25, 0.3) is 0 Å². The molecule has 0 N–H and O–H groups in total. The summed E-state index contributed by atoms with van der Waals surface area (Å²) >= 11 is 0. The standard InChI is InChI=1S/C18H14O5/c19-14(13-5-7-15-17(10-13)23-11-22-15)6-4-12-2-1-3-16-18(12)21-9-8-20-16/h1-7,10H,8-9,11H2/b6-4+. The number of hydrogen-bond donors (Lipinski definition) is 0. The lowest BCUT2D eigenvalue weighted by molar-refractivity contribution is 0.104. The summed E-state index contributed by atoms with van der Waals surface area (Å²) in [5, 5.41) is 0. The molecule has 5 heteroatoms. The molecular weight excluding hydrogens is 296 g/mol. The first-order valence-electron chi connectivity index (χ1n) is 7.32. The minimum Gasteiger partial charge on any atom is -0.486 e. The summed E-state index contributed by atoms with van der Waals surface area (Å²) in [5.41, 5.74) is 1.36. The number of benzene rings is 2. The van der Waals surface area contributed by atoms with Gasteiger partial charge in [-0.05, 0) is 36.4 Å². The molecule has 0 bridgehead atoms. The molecule has 0 spiro atoms. The molecule has 0 aromatic heterocycles. The second kappa shape index (κ2) is 5.68. The summed E-state index contributed by atoms with van der Waals surface area (Å²) < 4.78 is 21.7. The molecule has 2 aromatic rings. The van der Waals surface area contributed by atoms with Crippen LogP contribution in [0.15, 0.2) is 42.5 Å². The molecule has 5 nitrogen and oxygen atoms in total. The van der Waals surface area contributed by atoms with E-state index in [1.807, 2.05) is 18.2 Å². The zero-order valence-electron chi connectivity index (χ0n) is 12.3. The molecule has 2 aliphatic heterocycles. The predicted octanol–water partition coefficient (Wildman–Crippen LogP) is 3.08. The Labute approximate surface area is 133 Å². The van der Waals surface area contributed by atoms with Crippen LogP contribution < -0.4 is 18.9 Å². The summed E-state index contributed by atoms with van der Waals surface area (Å²) in [6, 6.07) is 10.8. The minimum atomic E-state index is -0.113. The Balaban J connectivity index is 1.58. The first-order chi connectivity index (χ1) is 11.3. The van der Waals surface area contributed by atoms with Crippen LogP contribution in [0.5, 0.6) is 23.0 Å². The Bertz CT molecular complexity index is 794. The highest BCUT2D eigenvalue weighted by Crippen LogP contribution is 2.35. The second-order valence-corrected chi connectivity index (χ2v) is 5.14. The molecule has 23 heavy (non-hydrogen) atoms. The third kappa shape index (κ3) is 2.61. The molecule has 0 saturated carbocycles. The van der Waals surface area contributed by atoms with Crippen molar-refractivity contribution in [2.75, 3.05) is 20.0 Å².